The molecular formula is C16H18BrNO. The molecule has 0 spiro atoms. The minimum atomic E-state index is 0.0535. The molecule has 2 N–H and O–H groups in total. The molecule has 0 saturated carbocycles. The van der Waals surface area contributed by atoms with Crippen molar-refractivity contribution in [2.45, 2.75) is 26.5 Å². The highest BCUT2D eigenvalue weighted by Crippen LogP contribution is 2.23. The lowest BCUT2D eigenvalue weighted by molar-refractivity contribution is 0.304. The SMILES string of the molecule is Cc1cc(C(C)N)ccc1OCc1cccc(Br)c1. The molecule has 0 saturated heterocycles. The van der Waals surface area contributed by atoms with Crippen LogP contribution < -0.4 is 10.5 Å². The van der Waals surface area contributed by atoms with Crippen LogP contribution >= 0.6 is 15.9 Å². The van der Waals surface area contributed by atoms with Crippen molar-refractivity contribution in [3.8, 4) is 5.75 Å². The van der Waals surface area contributed by atoms with E-state index in [-0.39, 0.29) is 6.04 Å². The number of hydrogen-bond acceptors (Lipinski definition) is 2. The van der Waals surface area contributed by atoms with Crippen molar-refractivity contribution in [1.29, 1.82) is 0 Å². The normalized spacial score (nSPS) is 12.2. The van der Waals surface area contributed by atoms with Gasteiger partial charge in [-0.3, -0.25) is 0 Å². The van der Waals surface area contributed by atoms with Crippen molar-refractivity contribution in [3.05, 3.63) is 63.6 Å². The van der Waals surface area contributed by atoms with Crippen molar-refractivity contribution < 1.29 is 4.74 Å². The van der Waals surface area contributed by atoms with Gasteiger partial charge in [-0.25, -0.2) is 0 Å². The second-order valence-corrected chi connectivity index (χ2v) is 5.65. The standard InChI is InChI=1S/C16H18BrNO/c1-11-8-14(12(2)18)6-7-16(11)19-10-13-4-3-5-15(17)9-13/h3-9,12H,10,18H2,1-2H3. The average molecular weight is 320 g/mol. The van der Waals surface area contributed by atoms with Crippen LogP contribution in [-0.4, -0.2) is 0 Å². The van der Waals surface area contributed by atoms with Gasteiger partial charge in [0.15, 0.2) is 0 Å². The fraction of sp³-hybridized carbons (Fsp3) is 0.250. The third-order valence-corrected chi connectivity index (χ3v) is 3.50. The van der Waals surface area contributed by atoms with Gasteiger partial charge in [0, 0.05) is 10.5 Å². The monoisotopic (exact) mass is 319 g/mol. The van der Waals surface area contributed by atoms with Crippen LogP contribution in [0, 0.1) is 6.92 Å². The summed E-state index contributed by atoms with van der Waals surface area (Å²) in [7, 11) is 0. The van der Waals surface area contributed by atoms with E-state index < -0.39 is 0 Å². The van der Waals surface area contributed by atoms with Crippen LogP contribution in [0.25, 0.3) is 0 Å². The van der Waals surface area contributed by atoms with Crippen molar-refractivity contribution >= 4 is 15.9 Å². The highest BCUT2D eigenvalue weighted by atomic mass is 79.9. The number of aryl methyl sites for hydroxylation is 1. The molecule has 19 heavy (non-hydrogen) atoms. The largest absolute Gasteiger partial charge is 0.489 e. The molecule has 0 aliphatic carbocycles. The quantitative estimate of drug-likeness (QED) is 0.908. The van der Waals surface area contributed by atoms with E-state index >= 15 is 0 Å². The fourth-order valence-corrected chi connectivity index (χ4v) is 2.35. The zero-order chi connectivity index (χ0) is 13.8. The van der Waals surface area contributed by atoms with Crippen molar-refractivity contribution in [2.24, 2.45) is 5.73 Å². The highest BCUT2D eigenvalue weighted by Gasteiger charge is 2.04. The Labute approximate surface area is 122 Å². The van der Waals surface area contributed by atoms with Crippen LogP contribution in [0.1, 0.15) is 29.7 Å². The zero-order valence-electron chi connectivity index (χ0n) is 11.2. The Morgan fingerprint density at radius 1 is 1.21 bits per heavy atom. The smallest absolute Gasteiger partial charge is 0.122 e. The molecule has 2 aromatic carbocycles. The maximum atomic E-state index is 5.87. The number of ether oxygens (including phenoxy) is 1. The predicted octanol–water partition coefficient (Wildman–Crippen LogP) is 4.36. The lowest BCUT2D eigenvalue weighted by atomic mass is 10.1. The summed E-state index contributed by atoms with van der Waals surface area (Å²) in [6.45, 7) is 4.59. The molecule has 100 valence electrons. The van der Waals surface area contributed by atoms with Crippen LogP contribution in [0.15, 0.2) is 46.9 Å². The second-order valence-electron chi connectivity index (χ2n) is 4.73. The average Bonchev–Trinajstić information content (AvgIpc) is 2.37. The van der Waals surface area contributed by atoms with Crippen LogP contribution in [0.2, 0.25) is 0 Å². The highest BCUT2D eigenvalue weighted by molar-refractivity contribution is 9.10. The van der Waals surface area contributed by atoms with E-state index in [1.54, 1.807) is 0 Å². The first-order chi connectivity index (χ1) is 9.06. The lowest BCUT2D eigenvalue weighted by Crippen LogP contribution is -2.05. The molecule has 0 heterocycles. The van der Waals surface area contributed by atoms with Gasteiger partial charge in [0.1, 0.15) is 12.4 Å². The second kappa shape index (κ2) is 6.22. The van der Waals surface area contributed by atoms with Crippen LogP contribution in [0.3, 0.4) is 0 Å². The van der Waals surface area contributed by atoms with E-state index in [4.69, 9.17) is 10.5 Å². The van der Waals surface area contributed by atoms with Gasteiger partial charge in [0.05, 0.1) is 0 Å². The summed E-state index contributed by atoms with van der Waals surface area (Å²) in [6.07, 6.45) is 0. The number of halogens is 1. The Morgan fingerprint density at radius 3 is 2.63 bits per heavy atom. The summed E-state index contributed by atoms with van der Waals surface area (Å²) in [4.78, 5) is 0. The van der Waals surface area contributed by atoms with Gasteiger partial charge in [-0.15, -0.1) is 0 Å². The summed E-state index contributed by atoms with van der Waals surface area (Å²) >= 11 is 3.46. The van der Waals surface area contributed by atoms with Crippen LogP contribution in [-0.2, 0) is 6.61 Å². The van der Waals surface area contributed by atoms with E-state index in [0.717, 1.165) is 26.9 Å². The van der Waals surface area contributed by atoms with Crippen molar-refractivity contribution in [1.82, 2.24) is 0 Å². The Bertz CT molecular complexity index is 566. The molecule has 0 bridgehead atoms. The summed E-state index contributed by atoms with van der Waals surface area (Å²) < 4.78 is 6.92. The van der Waals surface area contributed by atoms with Crippen molar-refractivity contribution in [3.63, 3.8) is 0 Å². The van der Waals surface area contributed by atoms with Crippen LogP contribution in [0.4, 0.5) is 0 Å². The lowest BCUT2D eigenvalue weighted by Gasteiger charge is -2.12. The molecule has 0 radical (unpaired) electrons. The minimum absolute atomic E-state index is 0.0535. The Kier molecular flexibility index (Phi) is 4.61. The maximum absolute atomic E-state index is 5.87. The van der Waals surface area contributed by atoms with Gasteiger partial charge in [0.25, 0.3) is 0 Å². The number of hydrogen-bond donors (Lipinski definition) is 1. The van der Waals surface area contributed by atoms with Gasteiger partial charge in [-0.1, -0.05) is 40.2 Å². The van der Waals surface area contributed by atoms with Gasteiger partial charge >= 0.3 is 0 Å². The van der Waals surface area contributed by atoms with Crippen LogP contribution in [0.5, 0.6) is 5.75 Å². The predicted molar refractivity (Wildman–Crippen MR) is 82.3 cm³/mol. The zero-order valence-corrected chi connectivity index (χ0v) is 12.8. The summed E-state index contributed by atoms with van der Waals surface area (Å²) in [5.41, 5.74) is 9.26. The molecule has 3 heteroatoms. The molecule has 2 aromatic rings. The molecular weight excluding hydrogens is 302 g/mol. The molecule has 1 unspecified atom stereocenters. The molecule has 0 amide bonds. The summed E-state index contributed by atoms with van der Waals surface area (Å²) in [6, 6.07) is 14.3. The Morgan fingerprint density at radius 2 is 2.00 bits per heavy atom. The van der Waals surface area contributed by atoms with E-state index in [1.807, 2.05) is 38.1 Å². The van der Waals surface area contributed by atoms with E-state index in [9.17, 15) is 0 Å². The summed E-state index contributed by atoms with van der Waals surface area (Å²) in [5.74, 6) is 0.907. The molecule has 0 aliphatic rings. The third kappa shape index (κ3) is 3.82. The first-order valence-electron chi connectivity index (χ1n) is 6.29. The molecule has 1 atom stereocenters. The van der Waals surface area contributed by atoms with E-state index in [1.165, 1.54) is 0 Å². The molecule has 2 rings (SSSR count). The third-order valence-electron chi connectivity index (χ3n) is 3.01. The van der Waals surface area contributed by atoms with Crippen molar-refractivity contribution in [2.75, 3.05) is 0 Å². The van der Waals surface area contributed by atoms with E-state index in [2.05, 4.69) is 34.1 Å². The first-order valence-corrected chi connectivity index (χ1v) is 7.09. The van der Waals surface area contributed by atoms with E-state index in [0.29, 0.717) is 6.61 Å². The molecule has 0 aliphatic heterocycles. The van der Waals surface area contributed by atoms with Gasteiger partial charge in [0.2, 0.25) is 0 Å². The molecule has 0 fully saturated rings. The molecule has 2 nitrogen and oxygen atoms in total. The van der Waals surface area contributed by atoms with Gasteiger partial charge in [-0.2, -0.15) is 0 Å². The topological polar surface area (TPSA) is 35.2 Å². The van der Waals surface area contributed by atoms with Gasteiger partial charge < -0.3 is 10.5 Å². The van der Waals surface area contributed by atoms with Gasteiger partial charge in [-0.05, 0) is 48.7 Å². The molecule has 0 aromatic heterocycles. The number of rotatable bonds is 4. The first kappa shape index (κ1) is 14.1. The Hall–Kier alpha value is -1.32. The number of nitrogens with two attached hydrogens (primary N) is 1. The maximum Gasteiger partial charge on any atom is 0.122 e. The number of benzene rings is 2. The fourth-order valence-electron chi connectivity index (χ4n) is 1.91. The summed E-state index contributed by atoms with van der Waals surface area (Å²) in [5, 5.41) is 0. The Balaban J connectivity index is 2.07. The minimum Gasteiger partial charge on any atom is -0.489 e.